The Balaban J connectivity index is 0. The van der Waals surface area contributed by atoms with Crippen molar-refractivity contribution in [1.82, 2.24) is 5.32 Å². The second-order valence-corrected chi connectivity index (χ2v) is 3.79. The minimum atomic E-state index is 0. The third-order valence-electron chi connectivity index (χ3n) is 2.20. The van der Waals surface area contributed by atoms with E-state index in [-0.39, 0.29) is 52.0 Å². The standard InChI is InChI=1S/C10H18NO.BrH.Mg/c1-8(2)11-10(12)9-6-4-3-5-7-9;;/h8H,3-7H2,1-2H3,(H,11,12);1H;/q-1;;+2/p-1. The van der Waals surface area contributed by atoms with Crippen molar-refractivity contribution in [2.45, 2.75) is 52.0 Å². The van der Waals surface area contributed by atoms with Crippen molar-refractivity contribution < 1.29 is 21.8 Å². The zero-order valence-electron chi connectivity index (χ0n) is 9.11. The second kappa shape index (κ2) is 8.86. The van der Waals surface area contributed by atoms with E-state index in [1.807, 2.05) is 13.8 Å². The van der Waals surface area contributed by atoms with Crippen LogP contribution >= 0.6 is 0 Å². The molecular formula is C10H18BrMgNO. The van der Waals surface area contributed by atoms with Gasteiger partial charge < -0.3 is 27.1 Å². The van der Waals surface area contributed by atoms with Gasteiger partial charge in [0, 0.05) is 6.04 Å². The van der Waals surface area contributed by atoms with Crippen LogP contribution in [0.25, 0.3) is 0 Å². The summed E-state index contributed by atoms with van der Waals surface area (Å²) in [5, 5.41) is 2.94. The summed E-state index contributed by atoms with van der Waals surface area (Å²) < 4.78 is 0. The van der Waals surface area contributed by atoms with Gasteiger partial charge in [-0.05, 0) is 13.8 Å². The fourth-order valence-electron chi connectivity index (χ4n) is 1.57. The predicted octanol–water partition coefficient (Wildman–Crippen LogP) is -1.33. The van der Waals surface area contributed by atoms with E-state index in [4.69, 9.17) is 0 Å². The predicted molar refractivity (Wildman–Crippen MR) is 55.4 cm³/mol. The Morgan fingerprint density at radius 1 is 1.21 bits per heavy atom. The fourth-order valence-corrected chi connectivity index (χ4v) is 1.57. The van der Waals surface area contributed by atoms with E-state index in [9.17, 15) is 4.79 Å². The molecule has 1 aliphatic carbocycles. The molecule has 1 N–H and O–H groups in total. The van der Waals surface area contributed by atoms with Crippen LogP contribution in [0.1, 0.15) is 46.0 Å². The van der Waals surface area contributed by atoms with E-state index in [2.05, 4.69) is 5.32 Å². The molecule has 0 unspecified atom stereocenters. The molecular weight excluding hydrogens is 254 g/mol. The van der Waals surface area contributed by atoms with Gasteiger partial charge in [-0.2, -0.15) is 12.8 Å². The molecule has 0 radical (unpaired) electrons. The monoisotopic (exact) mass is 271 g/mol. The van der Waals surface area contributed by atoms with Crippen molar-refractivity contribution in [1.29, 1.82) is 0 Å². The van der Waals surface area contributed by atoms with Gasteiger partial charge in [-0.1, -0.05) is 19.3 Å². The van der Waals surface area contributed by atoms with Gasteiger partial charge >= 0.3 is 23.1 Å². The Labute approximate surface area is 114 Å². The van der Waals surface area contributed by atoms with Crippen molar-refractivity contribution >= 4 is 29.0 Å². The van der Waals surface area contributed by atoms with Crippen molar-refractivity contribution in [2.75, 3.05) is 0 Å². The number of halogens is 1. The van der Waals surface area contributed by atoms with Crippen LogP contribution in [-0.4, -0.2) is 35.0 Å². The second-order valence-electron chi connectivity index (χ2n) is 3.79. The van der Waals surface area contributed by atoms with E-state index >= 15 is 0 Å². The number of nitrogens with one attached hydrogen (secondary N) is 1. The molecule has 1 amide bonds. The number of rotatable bonds is 2. The molecule has 1 saturated carbocycles. The van der Waals surface area contributed by atoms with Gasteiger partial charge in [-0.3, -0.25) is 5.92 Å². The van der Waals surface area contributed by atoms with Gasteiger partial charge in [0.1, 0.15) is 0 Å². The topological polar surface area (TPSA) is 29.1 Å². The maximum absolute atomic E-state index is 11.5. The molecule has 0 aromatic carbocycles. The van der Waals surface area contributed by atoms with Gasteiger partial charge in [0.05, 0.1) is 5.91 Å². The van der Waals surface area contributed by atoms with E-state index < -0.39 is 0 Å². The zero-order chi connectivity index (χ0) is 8.97. The summed E-state index contributed by atoms with van der Waals surface area (Å²) in [6.07, 6.45) is 5.71. The molecule has 2 nitrogen and oxygen atoms in total. The summed E-state index contributed by atoms with van der Waals surface area (Å²) in [4.78, 5) is 11.5. The summed E-state index contributed by atoms with van der Waals surface area (Å²) in [5.41, 5.74) is 0. The van der Waals surface area contributed by atoms with Crippen molar-refractivity contribution in [3.8, 4) is 0 Å². The van der Waals surface area contributed by atoms with Crippen LogP contribution in [0.5, 0.6) is 0 Å². The summed E-state index contributed by atoms with van der Waals surface area (Å²) >= 11 is 0. The zero-order valence-corrected chi connectivity index (χ0v) is 12.1. The van der Waals surface area contributed by atoms with Gasteiger partial charge in [0.2, 0.25) is 0 Å². The van der Waals surface area contributed by atoms with Crippen LogP contribution < -0.4 is 22.3 Å². The molecule has 0 atom stereocenters. The minimum Gasteiger partial charge on any atom is -1.00 e. The Bertz CT molecular complexity index is 158. The number of carbonyl (C=O) groups excluding carboxylic acids is 1. The fraction of sp³-hybridized carbons (Fsp3) is 0.800. The average molecular weight is 272 g/mol. The molecule has 1 aliphatic rings. The van der Waals surface area contributed by atoms with Gasteiger partial charge in [0.15, 0.2) is 0 Å². The number of carbonyl (C=O) groups is 1. The quantitative estimate of drug-likeness (QED) is 0.490. The Hall–Kier alpha value is 0.586. The third-order valence-corrected chi connectivity index (χ3v) is 2.20. The SMILES string of the molecule is CC(C)NC(=O)[C-]1CCCCC1.[Br-].[Mg+2]. The first-order valence-electron chi connectivity index (χ1n) is 4.85. The summed E-state index contributed by atoms with van der Waals surface area (Å²) in [5.74, 6) is 1.29. The molecule has 1 rings (SSSR count). The van der Waals surface area contributed by atoms with Gasteiger partial charge in [-0.15, -0.1) is 0 Å². The molecule has 78 valence electrons. The molecule has 0 aliphatic heterocycles. The Morgan fingerprint density at radius 3 is 2.14 bits per heavy atom. The molecule has 0 aromatic rings. The van der Waals surface area contributed by atoms with Gasteiger partial charge in [0.25, 0.3) is 0 Å². The Kier molecular flexibility index (Phi) is 10.8. The number of hydrogen-bond donors (Lipinski definition) is 1. The van der Waals surface area contributed by atoms with E-state index in [0.717, 1.165) is 18.8 Å². The third kappa shape index (κ3) is 6.14. The van der Waals surface area contributed by atoms with E-state index in [0.29, 0.717) is 0 Å². The molecule has 0 spiro atoms. The van der Waals surface area contributed by atoms with Crippen molar-refractivity contribution in [2.24, 2.45) is 0 Å². The van der Waals surface area contributed by atoms with Gasteiger partial charge in [-0.25, -0.2) is 0 Å². The molecule has 1 fully saturated rings. The first kappa shape index (κ1) is 17.0. The normalized spacial score (nSPS) is 15.5. The van der Waals surface area contributed by atoms with Crippen LogP contribution in [0, 0.1) is 5.92 Å². The maximum Gasteiger partial charge on any atom is 2.00 e. The Morgan fingerprint density at radius 2 is 1.71 bits per heavy atom. The van der Waals surface area contributed by atoms with Crippen LogP contribution in [0.2, 0.25) is 0 Å². The molecule has 0 saturated heterocycles. The minimum absolute atomic E-state index is 0. The van der Waals surface area contributed by atoms with Crippen molar-refractivity contribution in [3.63, 3.8) is 0 Å². The molecule has 14 heavy (non-hydrogen) atoms. The van der Waals surface area contributed by atoms with Crippen LogP contribution in [-0.2, 0) is 4.79 Å². The van der Waals surface area contributed by atoms with Crippen LogP contribution in [0.4, 0.5) is 0 Å². The number of amides is 1. The summed E-state index contributed by atoms with van der Waals surface area (Å²) in [6.45, 7) is 4.00. The first-order chi connectivity index (χ1) is 5.70. The van der Waals surface area contributed by atoms with Crippen LogP contribution in [0.3, 0.4) is 0 Å². The smallest absolute Gasteiger partial charge is 1.00 e. The van der Waals surface area contributed by atoms with Crippen molar-refractivity contribution in [3.05, 3.63) is 5.92 Å². The van der Waals surface area contributed by atoms with E-state index in [1.165, 1.54) is 19.3 Å². The first-order valence-corrected chi connectivity index (χ1v) is 4.85. The molecule has 0 bridgehead atoms. The molecule has 4 heteroatoms. The number of hydrogen-bond acceptors (Lipinski definition) is 1. The van der Waals surface area contributed by atoms with E-state index in [1.54, 1.807) is 0 Å². The summed E-state index contributed by atoms with van der Waals surface area (Å²) in [6, 6.07) is 0.270. The molecule has 0 heterocycles. The largest absolute Gasteiger partial charge is 2.00 e. The summed E-state index contributed by atoms with van der Waals surface area (Å²) in [7, 11) is 0. The maximum atomic E-state index is 11.5. The molecule has 0 aromatic heterocycles. The van der Waals surface area contributed by atoms with Crippen LogP contribution in [0.15, 0.2) is 0 Å². The average Bonchev–Trinajstić information content (AvgIpc) is 2.05.